The van der Waals surface area contributed by atoms with Gasteiger partial charge in [0.25, 0.3) is 0 Å². The summed E-state index contributed by atoms with van der Waals surface area (Å²) in [6.07, 6.45) is 12.1. The van der Waals surface area contributed by atoms with E-state index in [0.29, 0.717) is 0 Å². The largest absolute Gasteiger partial charge is 0.306 e. The molecule has 1 aromatic carbocycles. The van der Waals surface area contributed by atoms with Gasteiger partial charge in [0.15, 0.2) is 0 Å². The molecule has 0 amide bonds. The molecule has 2 heteroatoms. The van der Waals surface area contributed by atoms with Gasteiger partial charge in [-0.25, -0.2) is 0 Å². The third kappa shape index (κ3) is 3.79. The van der Waals surface area contributed by atoms with E-state index in [2.05, 4.69) is 64.9 Å². The van der Waals surface area contributed by atoms with Gasteiger partial charge in [-0.3, -0.25) is 4.98 Å². The number of pyridine rings is 1. The number of hydrogen-bond acceptors (Lipinski definition) is 2. The van der Waals surface area contributed by atoms with Gasteiger partial charge in [-0.05, 0) is 55.0 Å². The average Bonchev–Trinajstić information content (AvgIpc) is 2.58. The van der Waals surface area contributed by atoms with Crippen LogP contribution in [-0.4, -0.2) is 11.5 Å². The molecule has 2 unspecified atom stereocenters. The molecule has 2 aromatic rings. The molecule has 1 N–H and O–H groups in total. The number of nitrogens with one attached hydrogen (secondary N) is 1. The van der Waals surface area contributed by atoms with Crippen molar-refractivity contribution in [1.29, 1.82) is 0 Å². The van der Waals surface area contributed by atoms with Crippen LogP contribution < -0.4 is 5.32 Å². The predicted octanol–water partition coefficient (Wildman–Crippen LogP) is 4.12. The molecule has 0 fully saturated rings. The number of hydrogen-bond donors (Lipinski definition) is 1. The van der Waals surface area contributed by atoms with Crippen molar-refractivity contribution < 1.29 is 0 Å². The molecule has 0 saturated carbocycles. The second-order valence-electron chi connectivity index (χ2n) is 5.68. The Morgan fingerprint density at radius 3 is 2.48 bits per heavy atom. The molecular formula is C19H22N2. The molecular weight excluding hydrogens is 256 g/mol. The number of rotatable bonds is 5. The fourth-order valence-electron chi connectivity index (χ4n) is 2.96. The molecule has 0 saturated heterocycles. The lowest BCUT2D eigenvalue weighted by Crippen LogP contribution is -2.28. The van der Waals surface area contributed by atoms with E-state index >= 15 is 0 Å². The fourth-order valence-corrected chi connectivity index (χ4v) is 2.96. The van der Waals surface area contributed by atoms with Crippen LogP contribution in [0.2, 0.25) is 0 Å². The monoisotopic (exact) mass is 278 g/mol. The summed E-state index contributed by atoms with van der Waals surface area (Å²) in [5.41, 5.74) is 2.60. The van der Waals surface area contributed by atoms with Crippen molar-refractivity contribution in [3.8, 4) is 0 Å². The lowest BCUT2D eigenvalue weighted by molar-refractivity contribution is 0.423. The van der Waals surface area contributed by atoms with E-state index in [1.807, 2.05) is 12.4 Å². The molecule has 0 spiro atoms. The molecule has 1 aromatic heterocycles. The van der Waals surface area contributed by atoms with E-state index in [9.17, 15) is 0 Å². The summed E-state index contributed by atoms with van der Waals surface area (Å²) < 4.78 is 0. The Morgan fingerprint density at radius 2 is 1.76 bits per heavy atom. The Bertz CT molecular complexity index is 523. The summed E-state index contributed by atoms with van der Waals surface area (Å²) in [4.78, 5) is 4.13. The van der Waals surface area contributed by atoms with Crippen molar-refractivity contribution in [3.05, 3.63) is 78.1 Å². The number of aromatic nitrogens is 1. The van der Waals surface area contributed by atoms with Gasteiger partial charge in [0.05, 0.1) is 6.04 Å². The van der Waals surface area contributed by atoms with Crippen molar-refractivity contribution in [3.63, 3.8) is 0 Å². The van der Waals surface area contributed by atoms with Crippen molar-refractivity contribution in [2.24, 2.45) is 5.92 Å². The first-order valence-electron chi connectivity index (χ1n) is 7.77. The SMILES string of the molecule is C1=CCC(CNC(c2ccccc2)c2ccncc2)CC1. The van der Waals surface area contributed by atoms with Crippen molar-refractivity contribution in [2.75, 3.05) is 6.54 Å². The Morgan fingerprint density at radius 1 is 1.00 bits per heavy atom. The van der Waals surface area contributed by atoms with Crippen LogP contribution in [0.25, 0.3) is 0 Å². The average molecular weight is 278 g/mol. The van der Waals surface area contributed by atoms with Crippen LogP contribution in [0.1, 0.15) is 36.4 Å². The van der Waals surface area contributed by atoms with Gasteiger partial charge in [0.1, 0.15) is 0 Å². The smallest absolute Gasteiger partial charge is 0.0577 e. The Kier molecular flexibility index (Phi) is 4.80. The maximum absolute atomic E-state index is 4.13. The highest BCUT2D eigenvalue weighted by Gasteiger charge is 2.16. The standard InChI is InChI=1S/C19H22N2/c1-3-7-16(8-4-1)15-21-19(17-9-5-2-6-10-17)18-11-13-20-14-12-18/h1-3,5-6,9-14,16,19,21H,4,7-8,15H2. The third-order valence-electron chi connectivity index (χ3n) is 4.16. The summed E-state index contributed by atoms with van der Waals surface area (Å²) in [6.45, 7) is 1.06. The molecule has 0 bridgehead atoms. The quantitative estimate of drug-likeness (QED) is 0.832. The second-order valence-corrected chi connectivity index (χ2v) is 5.68. The summed E-state index contributed by atoms with van der Waals surface area (Å²) in [7, 11) is 0. The van der Waals surface area contributed by atoms with E-state index in [0.717, 1.165) is 12.5 Å². The lowest BCUT2D eigenvalue weighted by atomic mass is 9.93. The second kappa shape index (κ2) is 7.19. The molecule has 3 rings (SSSR count). The van der Waals surface area contributed by atoms with Gasteiger partial charge in [-0.1, -0.05) is 42.5 Å². The maximum atomic E-state index is 4.13. The van der Waals surface area contributed by atoms with Crippen molar-refractivity contribution >= 4 is 0 Å². The van der Waals surface area contributed by atoms with Crippen LogP contribution in [0.5, 0.6) is 0 Å². The topological polar surface area (TPSA) is 24.9 Å². The molecule has 1 heterocycles. The first kappa shape index (κ1) is 14.0. The van der Waals surface area contributed by atoms with Crippen LogP contribution in [0, 0.1) is 5.92 Å². The molecule has 0 radical (unpaired) electrons. The van der Waals surface area contributed by atoms with E-state index in [4.69, 9.17) is 0 Å². The zero-order chi connectivity index (χ0) is 14.3. The summed E-state index contributed by atoms with van der Waals surface area (Å²) in [6, 6.07) is 15.1. The Hall–Kier alpha value is -1.93. The molecule has 2 atom stereocenters. The molecule has 108 valence electrons. The fraction of sp³-hybridized carbons (Fsp3) is 0.316. The Balaban J connectivity index is 1.75. The van der Waals surface area contributed by atoms with Gasteiger partial charge in [-0.2, -0.15) is 0 Å². The summed E-state index contributed by atoms with van der Waals surface area (Å²) in [5, 5.41) is 3.76. The minimum absolute atomic E-state index is 0.250. The van der Waals surface area contributed by atoms with E-state index < -0.39 is 0 Å². The minimum Gasteiger partial charge on any atom is -0.306 e. The zero-order valence-electron chi connectivity index (χ0n) is 12.3. The molecule has 1 aliphatic carbocycles. The highest BCUT2D eigenvalue weighted by Crippen LogP contribution is 2.23. The van der Waals surface area contributed by atoms with Gasteiger partial charge >= 0.3 is 0 Å². The number of nitrogens with zero attached hydrogens (tertiary/aromatic N) is 1. The minimum atomic E-state index is 0.250. The van der Waals surface area contributed by atoms with Crippen LogP contribution in [0.15, 0.2) is 67.0 Å². The summed E-state index contributed by atoms with van der Waals surface area (Å²) in [5.74, 6) is 0.753. The van der Waals surface area contributed by atoms with E-state index in [1.54, 1.807) is 0 Å². The van der Waals surface area contributed by atoms with Crippen molar-refractivity contribution in [1.82, 2.24) is 10.3 Å². The number of allylic oxidation sites excluding steroid dienone is 2. The molecule has 2 nitrogen and oxygen atoms in total. The Labute approximate surface area is 126 Å². The highest BCUT2D eigenvalue weighted by molar-refractivity contribution is 5.30. The third-order valence-corrected chi connectivity index (χ3v) is 4.16. The molecule has 1 aliphatic rings. The normalized spacial score (nSPS) is 19.3. The van der Waals surface area contributed by atoms with Gasteiger partial charge in [0.2, 0.25) is 0 Å². The lowest BCUT2D eigenvalue weighted by Gasteiger charge is -2.24. The van der Waals surface area contributed by atoms with Crippen LogP contribution >= 0.6 is 0 Å². The van der Waals surface area contributed by atoms with Crippen LogP contribution in [0.4, 0.5) is 0 Å². The van der Waals surface area contributed by atoms with Crippen LogP contribution in [0.3, 0.4) is 0 Å². The summed E-state index contributed by atoms with van der Waals surface area (Å²) >= 11 is 0. The van der Waals surface area contributed by atoms with Crippen molar-refractivity contribution in [2.45, 2.75) is 25.3 Å². The number of benzene rings is 1. The molecule has 0 aliphatic heterocycles. The van der Waals surface area contributed by atoms with Crippen LogP contribution in [-0.2, 0) is 0 Å². The van der Waals surface area contributed by atoms with E-state index in [-0.39, 0.29) is 6.04 Å². The maximum Gasteiger partial charge on any atom is 0.0577 e. The highest BCUT2D eigenvalue weighted by atomic mass is 14.9. The van der Waals surface area contributed by atoms with Gasteiger partial charge in [-0.15, -0.1) is 0 Å². The van der Waals surface area contributed by atoms with Gasteiger partial charge in [0, 0.05) is 12.4 Å². The van der Waals surface area contributed by atoms with Gasteiger partial charge < -0.3 is 5.32 Å². The predicted molar refractivity (Wildman–Crippen MR) is 87.0 cm³/mol. The van der Waals surface area contributed by atoms with E-state index in [1.165, 1.54) is 30.4 Å². The first-order valence-corrected chi connectivity index (χ1v) is 7.77. The first-order chi connectivity index (χ1) is 10.4. The zero-order valence-corrected chi connectivity index (χ0v) is 12.3. The molecule has 21 heavy (non-hydrogen) atoms.